The van der Waals surface area contributed by atoms with Crippen molar-refractivity contribution in [1.82, 2.24) is 10.2 Å². The highest BCUT2D eigenvalue weighted by Crippen LogP contribution is 2.31. The summed E-state index contributed by atoms with van der Waals surface area (Å²) in [6.45, 7) is 3.83. The van der Waals surface area contributed by atoms with Crippen LogP contribution in [0.2, 0.25) is 10.0 Å². The lowest BCUT2D eigenvalue weighted by Crippen LogP contribution is -2.40. The monoisotopic (exact) mass is 362 g/mol. The molecule has 4 nitrogen and oxygen atoms in total. The second-order valence-electron chi connectivity index (χ2n) is 6.06. The van der Waals surface area contributed by atoms with Gasteiger partial charge < -0.3 is 5.32 Å². The molecule has 0 aromatic heterocycles. The minimum atomic E-state index is -1.07. The highest BCUT2D eigenvalue weighted by atomic mass is 35.5. The van der Waals surface area contributed by atoms with E-state index in [2.05, 4.69) is 5.32 Å². The van der Waals surface area contributed by atoms with Gasteiger partial charge in [-0.1, -0.05) is 59.1 Å². The van der Waals surface area contributed by atoms with E-state index in [4.69, 9.17) is 23.2 Å². The van der Waals surface area contributed by atoms with Crippen molar-refractivity contribution in [3.05, 3.63) is 69.2 Å². The molecule has 0 unspecified atom stereocenters. The van der Waals surface area contributed by atoms with E-state index in [-0.39, 0.29) is 12.5 Å². The zero-order valence-electron chi connectivity index (χ0n) is 13.3. The van der Waals surface area contributed by atoms with Crippen LogP contribution in [0.25, 0.3) is 0 Å². The molecule has 1 atom stereocenters. The number of imide groups is 1. The molecule has 0 bridgehead atoms. The maximum absolute atomic E-state index is 12.9. The van der Waals surface area contributed by atoms with E-state index in [0.29, 0.717) is 10.0 Å². The Balaban J connectivity index is 1.88. The second kappa shape index (κ2) is 6.11. The van der Waals surface area contributed by atoms with E-state index in [1.54, 1.807) is 25.1 Å². The molecule has 0 spiro atoms. The fraction of sp³-hybridized carbons (Fsp3) is 0.222. The van der Waals surface area contributed by atoms with Crippen LogP contribution in [-0.2, 0) is 16.9 Å². The van der Waals surface area contributed by atoms with Crippen LogP contribution < -0.4 is 5.32 Å². The Hall–Kier alpha value is -2.04. The topological polar surface area (TPSA) is 49.4 Å². The molecule has 0 radical (unpaired) electrons. The first-order valence-corrected chi connectivity index (χ1v) is 8.22. The van der Waals surface area contributed by atoms with Crippen molar-refractivity contribution in [2.24, 2.45) is 0 Å². The number of nitrogens with one attached hydrogen (secondary N) is 1. The quantitative estimate of drug-likeness (QED) is 0.828. The summed E-state index contributed by atoms with van der Waals surface area (Å²) in [7, 11) is 0. The summed E-state index contributed by atoms with van der Waals surface area (Å²) >= 11 is 11.9. The number of halogens is 2. The predicted octanol–water partition coefficient (Wildman–Crippen LogP) is 4.27. The van der Waals surface area contributed by atoms with E-state index >= 15 is 0 Å². The van der Waals surface area contributed by atoms with Gasteiger partial charge in [0.2, 0.25) is 0 Å². The van der Waals surface area contributed by atoms with E-state index in [0.717, 1.165) is 16.7 Å². The Labute approximate surface area is 150 Å². The number of hydrogen-bond acceptors (Lipinski definition) is 2. The van der Waals surface area contributed by atoms with Crippen LogP contribution in [-0.4, -0.2) is 16.8 Å². The SMILES string of the molecule is Cc1ccc([C@@]2(C)NC(=O)N(Cc3ccc(Cl)c(Cl)c3)C2=O)cc1. The van der Waals surface area contributed by atoms with Crippen LogP contribution in [0.1, 0.15) is 23.6 Å². The normalized spacial score (nSPS) is 20.4. The fourth-order valence-corrected chi connectivity index (χ4v) is 3.06. The lowest BCUT2D eigenvalue weighted by Gasteiger charge is -2.22. The summed E-state index contributed by atoms with van der Waals surface area (Å²) in [6.07, 6.45) is 0. The summed E-state index contributed by atoms with van der Waals surface area (Å²) in [4.78, 5) is 26.4. The molecule has 6 heteroatoms. The van der Waals surface area contributed by atoms with E-state index in [1.807, 2.05) is 31.2 Å². The van der Waals surface area contributed by atoms with Crippen molar-refractivity contribution in [2.45, 2.75) is 25.9 Å². The molecule has 2 aromatic rings. The van der Waals surface area contributed by atoms with Crippen molar-refractivity contribution < 1.29 is 9.59 Å². The zero-order valence-corrected chi connectivity index (χ0v) is 14.8. The molecule has 1 heterocycles. The first-order valence-electron chi connectivity index (χ1n) is 7.46. The van der Waals surface area contributed by atoms with Crippen LogP contribution in [0.3, 0.4) is 0 Å². The van der Waals surface area contributed by atoms with Crippen LogP contribution in [0, 0.1) is 6.92 Å². The number of aryl methyl sites for hydroxylation is 1. The van der Waals surface area contributed by atoms with Gasteiger partial charge in [0.15, 0.2) is 0 Å². The lowest BCUT2D eigenvalue weighted by molar-refractivity contribution is -0.131. The van der Waals surface area contributed by atoms with Crippen LogP contribution in [0.15, 0.2) is 42.5 Å². The van der Waals surface area contributed by atoms with Gasteiger partial charge in [-0.25, -0.2) is 4.79 Å². The summed E-state index contributed by atoms with van der Waals surface area (Å²) in [5.41, 5.74) is 1.51. The van der Waals surface area contributed by atoms with Gasteiger partial charge in [-0.2, -0.15) is 0 Å². The molecule has 0 aliphatic carbocycles. The van der Waals surface area contributed by atoms with Gasteiger partial charge in [0.05, 0.1) is 16.6 Å². The Morgan fingerprint density at radius 2 is 1.71 bits per heavy atom. The third-order valence-corrected chi connectivity index (χ3v) is 4.97. The van der Waals surface area contributed by atoms with Gasteiger partial charge in [-0.05, 0) is 37.1 Å². The molecular formula is C18H16Cl2N2O2. The van der Waals surface area contributed by atoms with Crippen molar-refractivity contribution in [1.29, 1.82) is 0 Å². The zero-order chi connectivity index (χ0) is 17.5. The Bertz CT molecular complexity index is 820. The lowest BCUT2D eigenvalue weighted by atomic mass is 9.91. The Kier molecular flexibility index (Phi) is 4.28. The number of hydrogen-bond donors (Lipinski definition) is 1. The molecule has 2 aromatic carbocycles. The van der Waals surface area contributed by atoms with Gasteiger partial charge in [0.25, 0.3) is 5.91 Å². The van der Waals surface area contributed by atoms with Crippen molar-refractivity contribution in [3.63, 3.8) is 0 Å². The number of carbonyl (C=O) groups is 2. The number of amides is 3. The average Bonchev–Trinajstić information content (AvgIpc) is 2.76. The largest absolute Gasteiger partial charge is 0.325 e. The predicted molar refractivity (Wildman–Crippen MR) is 94.1 cm³/mol. The maximum atomic E-state index is 12.9. The minimum absolute atomic E-state index is 0.142. The van der Waals surface area contributed by atoms with Crippen LogP contribution in [0.4, 0.5) is 4.79 Å². The molecule has 0 saturated carbocycles. The van der Waals surface area contributed by atoms with Crippen molar-refractivity contribution in [2.75, 3.05) is 0 Å². The van der Waals surface area contributed by atoms with Gasteiger partial charge in [0, 0.05) is 0 Å². The highest BCUT2D eigenvalue weighted by molar-refractivity contribution is 6.42. The van der Waals surface area contributed by atoms with Gasteiger partial charge in [0.1, 0.15) is 5.54 Å². The van der Waals surface area contributed by atoms with Crippen molar-refractivity contribution >= 4 is 35.1 Å². The van der Waals surface area contributed by atoms with Crippen LogP contribution in [0.5, 0.6) is 0 Å². The second-order valence-corrected chi connectivity index (χ2v) is 6.88. The summed E-state index contributed by atoms with van der Waals surface area (Å²) < 4.78 is 0. The molecule has 1 N–H and O–H groups in total. The molecule has 24 heavy (non-hydrogen) atoms. The third kappa shape index (κ3) is 2.87. The molecular weight excluding hydrogens is 347 g/mol. The minimum Gasteiger partial charge on any atom is -0.319 e. The summed E-state index contributed by atoms with van der Waals surface area (Å²) in [5, 5.41) is 3.61. The van der Waals surface area contributed by atoms with Crippen LogP contribution >= 0.6 is 23.2 Å². The van der Waals surface area contributed by atoms with E-state index in [1.165, 1.54) is 4.90 Å². The molecule has 1 aliphatic rings. The Morgan fingerprint density at radius 3 is 2.33 bits per heavy atom. The van der Waals surface area contributed by atoms with Gasteiger partial charge in [-0.15, -0.1) is 0 Å². The first-order chi connectivity index (χ1) is 11.3. The van der Waals surface area contributed by atoms with E-state index in [9.17, 15) is 9.59 Å². The third-order valence-electron chi connectivity index (χ3n) is 4.23. The average molecular weight is 363 g/mol. The number of rotatable bonds is 3. The molecule has 124 valence electrons. The van der Waals surface area contributed by atoms with Gasteiger partial charge in [-0.3, -0.25) is 9.69 Å². The summed E-state index contributed by atoms with van der Waals surface area (Å²) in [6, 6.07) is 12.2. The van der Waals surface area contributed by atoms with E-state index < -0.39 is 11.6 Å². The molecule has 1 aliphatic heterocycles. The number of nitrogens with zero attached hydrogens (tertiary/aromatic N) is 1. The molecule has 3 amide bonds. The number of carbonyl (C=O) groups excluding carboxylic acids is 2. The summed E-state index contributed by atoms with van der Waals surface area (Å²) in [5.74, 6) is -0.289. The van der Waals surface area contributed by atoms with Crippen molar-refractivity contribution in [3.8, 4) is 0 Å². The number of benzene rings is 2. The number of urea groups is 1. The Morgan fingerprint density at radius 1 is 1.04 bits per heavy atom. The highest BCUT2D eigenvalue weighted by Gasteiger charge is 2.48. The molecule has 1 fully saturated rings. The maximum Gasteiger partial charge on any atom is 0.325 e. The fourth-order valence-electron chi connectivity index (χ4n) is 2.74. The van der Waals surface area contributed by atoms with Gasteiger partial charge >= 0.3 is 6.03 Å². The molecule has 1 saturated heterocycles. The smallest absolute Gasteiger partial charge is 0.319 e. The standard InChI is InChI=1S/C18H16Cl2N2O2/c1-11-3-6-13(7-4-11)18(2)16(23)22(17(24)21-18)10-12-5-8-14(19)15(20)9-12/h3-9H,10H2,1-2H3,(H,21,24)/t18-/m1/s1. The first kappa shape index (κ1) is 16.8. The molecule has 3 rings (SSSR count).